The molecule has 2 nitrogen and oxygen atoms in total. The summed E-state index contributed by atoms with van der Waals surface area (Å²) >= 11 is 0. The van der Waals surface area contributed by atoms with E-state index in [1.54, 1.807) is 0 Å². The van der Waals surface area contributed by atoms with Gasteiger partial charge in [0, 0.05) is 18.4 Å². The lowest BCUT2D eigenvalue weighted by molar-refractivity contribution is 0.329. The minimum absolute atomic E-state index is 0.0207. The molecule has 0 saturated heterocycles. The van der Waals surface area contributed by atoms with Crippen molar-refractivity contribution >= 4 is 5.69 Å². The van der Waals surface area contributed by atoms with E-state index in [2.05, 4.69) is 55.0 Å². The minimum atomic E-state index is -0.0207. The Morgan fingerprint density at radius 3 is 1.90 bits per heavy atom. The Bertz CT molecular complexity index is 536. The zero-order chi connectivity index (χ0) is 15.8. The van der Waals surface area contributed by atoms with Gasteiger partial charge >= 0.3 is 0 Å². The molecule has 1 rings (SSSR count). The van der Waals surface area contributed by atoms with Crippen LogP contribution < -0.4 is 4.90 Å². The van der Waals surface area contributed by atoms with Crippen LogP contribution >= 0.6 is 0 Å². The fourth-order valence-corrected chi connectivity index (χ4v) is 3.22. The van der Waals surface area contributed by atoms with Gasteiger partial charge in [0.05, 0.1) is 6.61 Å². The molecular formula is C18H29NO. The largest absolute Gasteiger partial charge is 0.390 e. The van der Waals surface area contributed by atoms with E-state index in [1.807, 2.05) is 11.9 Å². The van der Waals surface area contributed by atoms with Crippen LogP contribution in [-0.2, 0) is 5.41 Å². The lowest BCUT2D eigenvalue weighted by Crippen LogP contribution is -2.24. The fraction of sp³-hybridized carbons (Fsp3) is 0.556. The van der Waals surface area contributed by atoms with Crippen molar-refractivity contribution in [2.75, 3.05) is 18.6 Å². The van der Waals surface area contributed by atoms with Crippen molar-refractivity contribution in [2.45, 2.75) is 53.9 Å². The van der Waals surface area contributed by atoms with E-state index in [1.165, 1.54) is 33.5 Å². The summed E-state index contributed by atoms with van der Waals surface area (Å²) in [7, 11) is 1.98. The summed E-state index contributed by atoms with van der Waals surface area (Å²) in [5.74, 6) is 0. The second-order valence-corrected chi connectivity index (χ2v) is 6.76. The molecule has 0 aromatic heterocycles. The average Bonchev–Trinajstić information content (AvgIpc) is 2.33. The second-order valence-electron chi connectivity index (χ2n) is 6.76. The number of hydrogen-bond acceptors (Lipinski definition) is 2. The molecule has 0 heterocycles. The van der Waals surface area contributed by atoms with Gasteiger partial charge in [-0.15, -0.1) is 0 Å². The maximum absolute atomic E-state index is 9.36. The molecule has 0 aliphatic rings. The van der Waals surface area contributed by atoms with E-state index in [9.17, 15) is 5.11 Å². The molecule has 112 valence electrons. The van der Waals surface area contributed by atoms with Gasteiger partial charge in [0.15, 0.2) is 0 Å². The quantitative estimate of drug-likeness (QED) is 0.895. The molecule has 0 atom stereocenters. The summed E-state index contributed by atoms with van der Waals surface area (Å²) in [4.78, 5) is 2.02. The maximum atomic E-state index is 9.36. The third-order valence-corrected chi connectivity index (χ3v) is 4.33. The molecule has 1 N–H and O–H groups in total. The van der Waals surface area contributed by atoms with Crippen LogP contribution in [0.4, 0.5) is 5.69 Å². The first-order chi connectivity index (χ1) is 9.03. The summed E-state index contributed by atoms with van der Waals surface area (Å²) < 4.78 is 0. The van der Waals surface area contributed by atoms with Gasteiger partial charge in [0.25, 0.3) is 0 Å². The van der Waals surface area contributed by atoms with E-state index >= 15 is 0 Å². The van der Waals surface area contributed by atoms with E-state index in [4.69, 9.17) is 0 Å². The third-order valence-electron chi connectivity index (χ3n) is 4.33. The first-order valence-electron chi connectivity index (χ1n) is 7.17. The van der Waals surface area contributed by atoms with E-state index in [0.29, 0.717) is 0 Å². The first-order valence-corrected chi connectivity index (χ1v) is 7.17. The molecule has 0 unspecified atom stereocenters. The van der Waals surface area contributed by atoms with E-state index in [-0.39, 0.29) is 12.0 Å². The molecule has 0 saturated carbocycles. The Labute approximate surface area is 124 Å². The van der Waals surface area contributed by atoms with Crippen LogP contribution in [0.1, 0.15) is 48.6 Å². The van der Waals surface area contributed by atoms with Gasteiger partial charge in [-0.3, -0.25) is 0 Å². The normalized spacial score (nSPS) is 11.7. The molecule has 20 heavy (non-hydrogen) atoms. The average molecular weight is 275 g/mol. The molecule has 0 spiro atoms. The van der Waals surface area contributed by atoms with Crippen LogP contribution in [0.5, 0.6) is 0 Å². The Morgan fingerprint density at radius 2 is 1.50 bits per heavy atom. The highest BCUT2D eigenvalue weighted by atomic mass is 16.3. The summed E-state index contributed by atoms with van der Waals surface area (Å²) in [5, 5.41) is 9.36. The summed E-state index contributed by atoms with van der Waals surface area (Å²) in [5.41, 5.74) is 8.65. The van der Waals surface area contributed by atoms with Crippen LogP contribution in [0.15, 0.2) is 12.3 Å². The molecule has 0 radical (unpaired) electrons. The predicted molar refractivity (Wildman–Crippen MR) is 88.7 cm³/mol. The highest BCUT2D eigenvalue weighted by molar-refractivity contribution is 5.69. The molecule has 0 amide bonds. The second kappa shape index (κ2) is 5.61. The topological polar surface area (TPSA) is 23.5 Å². The molecule has 0 aliphatic carbocycles. The number of likely N-dealkylation sites (N-methyl/N-ethyl adjacent to an activating group) is 1. The lowest BCUT2D eigenvalue weighted by Gasteiger charge is -2.33. The maximum Gasteiger partial charge on any atom is 0.0826 e. The van der Waals surface area contributed by atoms with Crippen molar-refractivity contribution in [1.82, 2.24) is 0 Å². The van der Waals surface area contributed by atoms with Crippen LogP contribution in [0.2, 0.25) is 0 Å². The minimum Gasteiger partial charge on any atom is -0.390 e. The fourth-order valence-electron chi connectivity index (χ4n) is 3.22. The smallest absolute Gasteiger partial charge is 0.0826 e. The Morgan fingerprint density at radius 1 is 1.00 bits per heavy atom. The SMILES string of the molecule is C=C(CO)N(C)c1c(C)c(C)c(C)c(C(C)(C)C)c1C. The summed E-state index contributed by atoms with van der Waals surface area (Å²) in [6, 6.07) is 0. The molecule has 2 heteroatoms. The predicted octanol–water partition coefficient (Wildman–Crippen LogP) is 4.16. The molecular weight excluding hydrogens is 246 g/mol. The van der Waals surface area contributed by atoms with Gasteiger partial charge in [-0.2, -0.15) is 0 Å². The monoisotopic (exact) mass is 275 g/mol. The summed E-state index contributed by atoms with van der Waals surface area (Å²) in [6.45, 7) is 19.4. The van der Waals surface area contributed by atoms with E-state index in [0.717, 1.165) is 5.70 Å². The van der Waals surface area contributed by atoms with Gasteiger partial charge < -0.3 is 10.0 Å². The highest BCUT2D eigenvalue weighted by Gasteiger charge is 2.25. The Kier molecular flexibility index (Phi) is 4.70. The number of aliphatic hydroxyl groups is 1. The molecule has 0 bridgehead atoms. The zero-order valence-corrected chi connectivity index (χ0v) is 14.3. The molecule has 1 aromatic carbocycles. The van der Waals surface area contributed by atoms with Gasteiger partial charge in [-0.25, -0.2) is 0 Å². The van der Waals surface area contributed by atoms with Crippen molar-refractivity contribution < 1.29 is 5.11 Å². The third kappa shape index (κ3) is 2.76. The van der Waals surface area contributed by atoms with Crippen LogP contribution in [-0.4, -0.2) is 18.8 Å². The molecule has 1 aromatic rings. The standard InChI is InChI=1S/C18H29NO/c1-11(10-20)19(9)17-14(4)12(2)13(3)16(15(17)5)18(6,7)8/h20H,1,10H2,2-9H3. The number of aliphatic hydroxyl groups excluding tert-OH is 1. The van der Waals surface area contributed by atoms with E-state index < -0.39 is 0 Å². The highest BCUT2D eigenvalue weighted by Crippen LogP contribution is 2.39. The van der Waals surface area contributed by atoms with Crippen molar-refractivity contribution in [1.29, 1.82) is 0 Å². The molecule has 0 fully saturated rings. The number of nitrogens with zero attached hydrogens (tertiary/aromatic N) is 1. The molecule has 0 aliphatic heterocycles. The zero-order valence-electron chi connectivity index (χ0n) is 14.3. The van der Waals surface area contributed by atoms with Crippen molar-refractivity contribution in [2.24, 2.45) is 0 Å². The number of benzene rings is 1. The van der Waals surface area contributed by atoms with Crippen LogP contribution in [0.3, 0.4) is 0 Å². The Hall–Kier alpha value is -1.28. The Balaban J connectivity index is 3.70. The van der Waals surface area contributed by atoms with Gasteiger partial charge in [0.2, 0.25) is 0 Å². The number of hydrogen-bond donors (Lipinski definition) is 1. The van der Waals surface area contributed by atoms with Crippen molar-refractivity contribution in [3.05, 3.63) is 40.1 Å². The van der Waals surface area contributed by atoms with Crippen LogP contribution in [0, 0.1) is 27.7 Å². The first kappa shape index (κ1) is 16.8. The lowest BCUT2D eigenvalue weighted by atomic mass is 9.78. The van der Waals surface area contributed by atoms with Gasteiger partial charge in [0.1, 0.15) is 0 Å². The number of anilines is 1. The van der Waals surface area contributed by atoms with Crippen molar-refractivity contribution in [3.63, 3.8) is 0 Å². The van der Waals surface area contributed by atoms with Crippen LogP contribution in [0.25, 0.3) is 0 Å². The van der Waals surface area contributed by atoms with Crippen molar-refractivity contribution in [3.8, 4) is 0 Å². The van der Waals surface area contributed by atoms with Gasteiger partial charge in [-0.05, 0) is 60.9 Å². The number of rotatable bonds is 3. The van der Waals surface area contributed by atoms with Gasteiger partial charge in [-0.1, -0.05) is 27.4 Å². The summed E-state index contributed by atoms with van der Waals surface area (Å²) in [6.07, 6.45) is 0.